The molecule has 0 amide bonds. The van der Waals surface area contributed by atoms with Crippen molar-refractivity contribution in [2.45, 2.75) is 19.8 Å². The molecule has 4 nitrogen and oxygen atoms in total. The van der Waals surface area contributed by atoms with Crippen LogP contribution in [-0.4, -0.2) is 10.1 Å². The van der Waals surface area contributed by atoms with E-state index in [1.54, 1.807) is 6.07 Å². The molecule has 4 heteroatoms. The highest BCUT2D eigenvalue weighted by Gasteiger charge is 2.26. The third kappa shape index (κ3) is 2.01. The van der Waals surface area contributed by atoms with Crippen LogP contribution in [0.1, 0.15) is 24.1 Å². The molecule has 1 saturated carbocycles. The van der Waals surface area contributed by atoms with Crippen molar-refractivity contribution in [2.24, 2.45) is 5.92 Å². The van der Waals surface area contributed by atoms with E-state index in [-0.39, 0.29) is 17.4 Å². The molecule has 0 radical (unpaired) electrons. The molecule has 1 aromatic heterocycles. The number of nitrogens with zero attached hydrogens (tertiary/aromatic N) is 1. The molecule has 1 fully saturated rings. The van der Waals surface area contributed by atoms with E-state index in [0.717, 1.165) is 18.4 Å². The van der Waals surface area contributed by atoms with Crippen molar-refractivity contribution < 1.29 is 9.52 Å². The van der Waals surface area contributed by atoms with Crippen LogP contribution in [0.5, 0.6) is 0 Å². The first-order valence-corrected chi connectivity index (χ1v) is 5.95. The van der Waals surface area contributed by atoms with Gasteiger partial charge in [-0.05, 0) is 37.5 Å². The molecule has 1 aliphatic carbocycles. The average Bonchev–Trinajstić information content (AvgIpc) is 3.14. The number of aliphatic hydroxyl groups excluding tert-OH is 1. The van der Waals surface area contributed by atoms with Gasteiger partial charge in [0, 0.05) is 12.0 Å². The van der Waals surface area contributed by atoms with Gasteiger partial charge in [-0.15, -0.1) is 0 Å². The maximum absolute atomic E-state index is 11.7. The van der Waals surface area contributed by atoms with E-state index in [1.165, 1.54) is 6.08 Å². The standard InChI is InChI=1S/C14H13NO3/c1-8-2-5-13-10(6-8)15-11(14(17)18-13)7-12(16)9-3-4-9/h2,5-7,9,16H,3-4H2,1H3. The number of aromatic nitrogens is 1. The molecule has 1 aromatic carbocycles. The molecular formula is C14H13NO3. The molecule has 1 N–H and O–H groups in total. The molecular weight excluding hydrogens is 230 g/mol. The molecule has 0 spiro atoms. The summed E-state index contributed by atoms with van der Waals surface area (Å²) >= 11 is 0. The largest absolute Gasteiger partial charge is 0.512 e. The zero-order valence-electron chi connectivity index (χ0n) is 10.0. The highest BCUT2D eigenvalue weighted by Crippen LogP contribution is 2.35. The SMILES string of the molecule is Cc1ccc2oc(=O)c(C=C(O)C3CC3)nc2c1. The minimum absolute atomic E-state index is 0.164. The van der Waals surface area contributed by atoms with Crippen molar-refractivity contribution >= 4 is 17.2 Å². The fraction of sp³-hybridized carbons (Fsp3) is 0.286. The number of hydrogen-bond acceptors (Lipinski definition) is 4. The number of hydrogen-bond donors (Lipinski definition) is 1. The number of aliphatic hydroxyl groups is 1. The van der Waals surface area contributed by atoms with Crippen LogP contribution in [0.15, 0.2) is 33.2 Å². The Labute approximate surface area is 104 Å². The summed E-state index contributed by atoms with van der Waals surface area (Å²) in [7, 11) is 0. The Morgan fingerprint density at radius 1 is 1.50 bits per heavy atom. The van der Waals surface area contributed by atoms with Crippen LogP contribution >= 0.6 is 0 Å². The molecule has 0 aliphatic heterocycles. The Bertz CT molecular complexity index is 696. The van der Waals surface area contributed by atoms with E-state index in [9.17, 15) is 9.90 Å². The Kier molecular flexibility index (Phi) is 2.44. The molecule has 0 saturated heterocycles. The van der Waals surface area contributed by atoms with Gasteiger partial charge < -0.3 is 9.52 Å². The van der Waals surface area contributed by atoms with Crippen molar-refractivity contribution in [1.29, 1.82) is 0 Å². The lowest BCUT2D eigenvalue weighted by Crippen LogP contribution is -2.07. The summed E-state index contributed by atoms with van der Waals surface area (Å²) in [5.74, 6) is 0.418. The summed E-state index contributed by atoms with van der Waals surface area (Å²) in [5, 5.41) is 9.73. The van der Waals surface area contributed by atoms with Crippen molar-refractivity contribution in [1.82, 2.24) is 4.98 Å². The molecule has 18 heavy (non-hydrogen) atoms. The Morgan fingerprint density at radius 3 is 3.00 bits per heavy atom. The zero-order valence-corrected chi connectivity index (χ0v) is 10.0. The Balaban J connectivity index is 2.14. The molecule has 2 aromatic rings. The lowest BCUT2D eigenvalue weighted by molar-refractivity contribution is 0.384. The van der Waals surface area contributed by atoms with Crippen LogP contribution in [0, 0.1) is 12.8 Å². The molecule has 3 rings (SSSR count). The van der Waals surface area contributed by atoms with Crippen molar-refractivity contribution in [3.63, 3.8) is 0 Å². The van der Waals surface area contributed by atoms with Gasteiger partial charge in [0.05, 0.1) is 5.76 Å². The first-order valence-electron chi connectivity index (χ1n) is 5.95. The van der Waals surface area contributed by atoms with Crippen LogP contribution < -0.4 is 5.63 Å². The first-order chi connectivity index (χ1) is 8.63. The zero-order chi connectivity index (χ0) is 12.7. The number of benzene rings is 1. The predicted molar refractivity (Wildman–Crippen MR) is 68.3 cm³/mol. The second-order valence-corrected chi connectivity index (χ2v) is 4.70. The van der Waals surface area contributed by atoms with Gasteiger partial charge in [-0.2, -0.15) is 0 Å². The van der Waals surface area contributed by atoms with Crippen LogP contribution in [0.2, 0.25) is 0 Å². The summed E-state index contributed by atoms with van der Waals surface area (Å²) in [6.07, 6.45) is 3.37. The maximum atomic E-state index is 11.7. The summed E-state index contributed by atoms with van der Waals surface area (Å²) in [4.78, 5) is 16.0. The monoisotopic (exact) mass is 243 g/mol. The minimum Gasteiger partial charge on any atom is -0.512 e. The smallest absolute Gasteiger partial charge is 0.362 e. The molecule has 92 valence electrons. The highest BCUT2D eigenvalue weighted by atomic mass is 16.4. The van der Waals surface area contributed by atoms with Gasteiger partial charge in [-0.25, -0.2) is 9.78 Å². The van der Waals surface area contributed by atoms with Crippen LogP contribution in [0.25, 0.3) is 17.2 Å². The third-order valence-corrected chi connectivity index (χ3v) is 3.05. The van der Waals surface area contributed by atoms with Gasteiger partial charge in [0.25, 0.3) is 0 Å². The molecule has 1 heterocycles. The number of rotatable bonds is 2. The number of allylic oxidation sites excluding steroid dienone is 1. The van der Waals surface area contributed by atoms with Gasteiger partial charge in [0.1, 0.15) is 5.52 Å². The van der Waals surface area contributed by atoms with E-state index in [2.05, 4.69) is 4.98 Å². The fourth-order valence-corrected chi connectivity index (χ4v) is 1.86. The Hall–Kier alpha value is -2.10. The topological polar surface area (TPSA) is 63.3 Å². The quantitative estimate of drug-likeness (QED) is 0.824. The van der Waals surface area contributed by atoms with E-state index < -0.39 is 5.63 Å². The second-order valence-electron chi connectivity index (χ2n) is 4.70. The van der Waals surface area contributed by atoms with Gasteiger partial charge in [-0.3, -0.25) is 0 Å². The van der Waals surface area contributed by atoms with Crippen LogP contribution in [0.3, 0.4) is 0 Å². The van der Waals surface area contributed by atoms with E-state index in [1.807, 2.05) is 19.1 Å². The second kappa shape index (κ2) is 3.98. The van der Waals surface area contributed by atoms with Crippen molar-refractivity contribution in [3.05, 3.63) is 45.6 Å². The van der Waals surface area contributed by atoms with E-state index in [0.29, 0.717) is 11.1 Å². The summed E-state index contributed by atoms with van der Waals surface area (Å²) < 4.78 is 5.18. The van der Waals surface area contributed by atoms with E-state index in [4.69, 9.17) is 4.42 Å². The Morgan fingerprint density at radius 2 is 2.28 bits per heavy atom. The number of fused-ring (bicyclic) bond motifs is 1. The molecule has 1 aliphatic rings. The van der Waals surface area contributed by atoms with Gasteiger partial charge >= 0.3 is 5.63 Å². The van der Waals surface area contributed by atoms with Gasteiger partial charge in [0.15, 0.2) is 11.3 Å². The third-order valence-electron chi connectivity index (χ3n) is 3.05. The normalized spacial score (nSPS) is 16.2. The molecule has 0 unspecified atom stereocenters. The maximum Gasteiger partial charge on any atom is 0.362 e. The van der Waals surface area contributed by atoms with E-state index >= 15 is 0 Å². The fourth-order valence-electron chi connectivity index (χ4n) is 1.86. The summed E-state index contributed by atoms with van der Waals surface area (Å²) in [6.45, 7) is 1.95. The average molecular weight is 243 g/mol. The van der Waals surface area contributed by atoms with Gasteiger partial charge in [-0.1, -0.05) is 6.07 Å². The lowest BCUT2D eigenvalue weighted by Gasteiger charge is -2.00. The predicted octanol–water partition coefficient (Wildman–Crippen LogP) is 2.81. The number of aryl methyl sites for hydroxylation is 1. The van der Waals surface area contributed by atoms with Crippen molar-refractivity contribution in [3.8, 4) is 0 Å². The summed E-state index contributed by atoms with van der Waals surface area (Å²) in [6, 6.07) is 5.45. The van der Waals surface area contributed by atoms with Gasteiger partial charge in [0.2, 0.25) is 0 Å². The molecule has 0 bridgehead atoms. The van der Waals surface area contributed by atoms with Crippen LogP contribution in [-0.2, 0) is 0 Å². The highest BCUT2D eigenvalue weighted by molar-refractivity contribution is 5.73. The first kappa shape index (κ1) is 11.0. The van der Waals surface area contributed by atoms with Crippen LogP contribution in [0.4, 0.5) is 0 Å². The molecule has 0 atom stereocenters. The lowest BCUT2D eigenvalue weighted by atomic mass is 10.2. The van der Waals surface area contributed by atoms with Crippen molar-refractivity contribution in [2.75, 3.05) is 0 Å². The minimum atomic E-state index is -0.515. The summed E-state index contributed by atoms with van der Waals surface area (Å²) in [5.41, 5.74) is 1.79.